The van der Waals surface area contributed by atoms with E-state index in [4.69, 9.17) is 11.6 Å². The first-order valence-corrected chi connectivity index (χ1v) is 8.64. The minimum Gasteiger partial charge on any atom is -0.340 e. The third-order valence-corrected chi connectivity index (χ3v) is 4.39. The highest BCUT2D eigenvalue weighted by atomic mass is 35.5. The van der Waals surface area contributed by atoms with Crippen molar-refractivity contribution < 1.29 is 0 Å². The van der Waals surface area contributed by atoms with Gasteiger partial charge in [-0.05, 0) is 36.4 Å². The first-order chi connectivity index (χ1) is 10.6. The third kappa shape index (κ3) is 2.91. The standard InChI is InChI=1S/C16H17ClN4S/c1-10(2)13-9-18-21-15(8-14(17)20-16(13)21)19-11-4-6-12(22-3)7-5-11/h4-10,19H,1-3H3. The highest BCUT2D eigenvalue weighted by molar-refractivity contribution is 7.98. The van der Waals surface area contributed by atoms with Crippen LogP contribution in [0.3, 0.4) is 0 Å². The van der Waals surface area contributed by atoms with Crippen LogP contribution < -0.4 is 5.32 Å². The molecular formula is C16H17ClN4S. The van der Waals surface area contributed by atoms with Crippen LogP contribution >= 0.6 is 23.4 Å². The average Bonchev–Trinajstić information content (AvgIpc) is 2.92. The molecule has 2 heterocycles. The minimum absolute atomic E-state index is 0.345. The molecule has 6 heteroatoms. The third-order valence-electron chi connectivity index (χ3n) is 3.45. The number of hydrogen-bond donors (Lipinski definition) is 1. The molecule has 0 radical (unpaired) electrons. The Morgan fingerprint density at radius 3 is 2.59 bits per heavy atom. The zero-order chi connectivity index (χ0) is 15.7. The summed E-state index contributed by atoms with van der Waals surface area (Å²) < 4.78 is 1.80. The number of nitrogens with one attached hydrogen (secondary N) is 1. The lowest BCUT2D eigenvalue weighted by Crippen LogP contribution is -2.02. The fraction of sp³-hybridized carbons (Fsp3) is 0.250. The molecule has 22 heavy (non-hydrogen) atoms. The van der Waals surface area contributed by atoms with E-state index in [1.165, 1.54) is 4.90 Å². The topological polar surface area (TPSA) is 42.2 Å². The summed E-state index contributed by atoms with van der Waals surface area (Å²) in [4.78, 5) is 5.64. The van der Waals surface area contributed by atoms with E-state index < -0.39 is 0 Å². The fourth-order valence-corrected chi connectivity index (χ4v) is 2.86. The van der Waals surface area contributed by atoms with E-state index in [2.05, 4.69) is 47.6 Å². The van der Waals surface area contributed by atoms with Crippen molar-refractivity contribution in [3.8, 4) is 0 Å². The molecule has 0 fully saturated rings. The highest BCUT2D eigenvalue weighted by Crippen LogP contribution is 2.26. The summed E-state index contributed by atoms with van der Waals surface area (Å²) in [5.74, 6) is 1.15. The Labute approximate surface area is 138 Å². The van der Waals surface area contributed by atoms with Gasteiger partial charge in [0.2, 0.25) is 0 Å². The summed E-state index contributed by atoms with van der Waals surface area (Å²) in [6.45, 7) is 4.24. The van der Waals surface area contributed by atoms with Gasteiger partial charge in [-0.25, -0.2) is 4.98 Å². The number of anilines is 2. The van der Waals surface area contributed by atoms with Gasteiger partial charge in [-0.3, -0.25) is 0 Å². The molecular weight excluding hydrogens is 316 g/mol. The fourth-order valence-electron chi connectivity index (χ4n) is 2.27. The van der Waals surface area contributed by atoms with Gasteiger partial charge in [0.05, 0.1) is 6.20 Å². The number of rotatable bonds is 4. The van der Waals surface area contributed by atoms with E-state index in [1.54, 1.807) is 22.3 Å². The molecule has 3 rings (SSSR count). The summed E-state index contributed by atoms with van der Waals surface area (Å²) >= 11 is 7.89. The maximum absolute atomic E-state index is 6.18. The molecule has 1 aromatic carbocycles. The second-order valence-corrected chi connectivity index (χ2v) is 6.57. The smallest absolute Gasteiger partial charge is 0.162 e. The van der Waals surface area contributed by atoms with Crippen LogP contribution in [-0.4, -0.2) is 20.9 Å². The van der Waals surface area contributed by atoms with Crippen LogP contribution in [0.5, 0.6) is 0 Å². The SMILES string of the molecule is CSc1ccc(Nc2cc(Cl)nc3c(C(C)C)cnn23)cc1. The quantitative estimate of drug-likeness (QED) is 0.541. The molecule has 114 valence electrons. The van der Waals surface area contributed by atoms with E-state index in [-0.39, 0.29) is 0 Å². The molecule has 0 aliphatic heterocycles. The van der Waals surface area contributed by atoms with E-state index in [9.17, 15) is 0 Å². The maximum Gasteiger partial charge on any atom is 0.162 e. The molecule has 0 saturated heterocycles. The van der Waals surface area contributed by atoms with Crippen molar-refractivity contribution in [1.29, 1.82) is 0 Å². The number of hydrogen-bond acceptors (Lipinski definition) is 4. The second-order valence-electron chi connectivity index (χ2n) is 5.31. The Balaban J connectivity index is 2.02. The number of fused-ring (bicyclic) bond motifs is 1. The van der Waals surface area contributed by atoms with Crippen LogP contribution in [0.1, 0.15) is 25.3 Å². The lowest BCUT2D eigenvalue weighted by Gasteiger charge is -2.10. The molecule has 0 saturated carbocycles. The van der Waals surface area contributed by atoms with Gasteiger partial charge in [0, 0.05) is 22.2 Å². The van der Waals surface area contributed by atoms with Crippen LogP contribution in [0.15, 0.2) is 41.4 Å². The number of thioether (sulfide) groups is 1. The Morgan fingerprint density at radius 1 is 1.23 bits per heavy atom. The average molecular weight is 333 g/mol. The molecule has 3 aromatic rings. The van der Waals surface area contributed by atoms with Gasteiger partial charge in [-0.1, -0.05) is 25.4 Å². The summed E-state index contributed by atoms with van der Waals surface area (Å²) in [5.41, 5.74) is 2.87. The molecule has 0 amide bonds. The van der Waals surface area contributed by atoms with E-state index in [1.807, 2.05) is 18.3 Å². The van der Waals surface area contributed by atoms with Gasteiger partial charge in [-0.15, -0.1) is 11.8 Å². The molecule has 0 aliphatic rings. The Bertz CT molecular complexity index is 796. The summed E-state index contributed by atoms with van der Waals surface area (Å²) in [5, 5.41) is 8.25. The number of aromatic nitrogens is 3. The first kappa shape index (κ1) is 15.2. The second kappa shape index (κ2) is 6.18. The monoisotopic (exact) mass is 332 g/mol. The van der Waals surface area contributed by atoms with E-state index >= 15 is 0 Å². The summed E-state index contributed by atoms with van der Waals surface area (Å²) in [6.07, 6.45) is 3.91. The van der Waals surface area contributed by atoms with Gasteiger partial charge < -0.3 is 5.32 Å². The van der Waals surface area contributed by atoms with Crippen molar-refractivity contribution >= 4 is 40.5 Å². The molecule has 0 bridgehead atoms. The van der Waals surface area contributed by atoms with Crippen molar-refractivity contribution in [1.82, 2.24) is 14.6 Å². The predicted molar refractivity (Wildman–Crippen MR) is 93.6 cm³/mol. The molecule has 0 spiro atoms. The molecule has 0 aliphatic carbocycles. The van der Waals surface area contributed by atoms with Crippen LogP contribution in [0, 0.1) is 0 Å². The summed E-state index contributed by atoms with van der Waals surface area (Å²) in [6, 6.07) is 10.0. The largest absolute Gasteiger partial charge is 0.340 e. The van der Waals surface area contributed by atoms with E-state index in [0.29, 0.717) is 11.1 Å². The van der Waals surface area contributed by atoms with Crippen LogP contribution in [0.2, 0.25) is 5.15 Å². The van der Waals surface area contributed by atoms with Gasteiger partial charge in [0.1, 0.15) is 11.0 Å². The molecule has 2 aromatic heterocycles. The molecule has 1 N–H and O–H groups in total. The maximum atomic E-state index is 6.18. The Kier molecular flexibility index (Phi) is 4.27. The van der Waals surface area contributed by atoms with Crippen molar-refractivity contribution in [2.24, 2.45) is 0 Å². The lowest BCUT2D eigenvalue weighted by molar-refractivity contribution is 0.872. The van der Waals surface area contributed by atoms with Crippen molar-refractivity contribution in [2.45, 2.75) is 24.7 Å². The van der Waals surface area contributed by atoms with E-state index in [0.717, 1.165) is 22.7 Å². The first-order valence-electron chi connectivity index (χ1n) is 7.03. The summed E-state index contributed by atoms with van der Waals surface area (Å²) in [7, 11) is 0. The van der Waals surface area contributed by atoms with Crippen molar-refractivity contribution in [2.75, 3.05) is 11.6 Å². The number of nitrogens with zero attached hydrogens (tertiary/aromatic N) is 3. The van der Waals surface area contributed by atoms with Crippen LogP contribution in [0.25, 0.3) is 5.65 Å². The highest BCUT2D eigenvalue weighted by Gasteiger charge is 2.13. The van der Waals surface area contributed by atoms with Crippen molar-refractivity contribution in [3.63, 3.8) is 0 Å². The zero-order valence-corrected chi connectivity index (χ0v) is 14.2. The minimum atomic E-state index is 0.345. The number of halogens is 1. The Hall–Kier alpha value is -1.72. The van der Waals surface area contributed by atoms with Gasteiger partial charge in [0.15, 0.2) is 5.65 Å². The zero-order valence-electron chi connectivity index (χ0n) is 12.7. The predicted octanol–water partition coefficient (Wildman–Crippen LogP) is 4.97. The number of benzene rings is 1. The van der Waals surface area contributed by atoms with Crippen LogP contribution in [0.4, 0.5) is 11.5 Å². The lowest BCUT2D eigenvalue weighted by atomic mass is 10.1. The van der Waals surface area contributed by atoms with Gasteiger partial charge in [-0.2, -0.15) is 9.61 Å². The van der Waals surface area contributed by atoms with Gasteiger partial charge >= 0.3 is 0 Å². The molecule has 4 nitrogen and oxygen atoms in total. The van der Waals surface area contributed by atoms with Gasteiger partial charge in [0.25, 0.3) is 0 Å². The Morgan fingerprint density at radius 2 is 1.95 bits per heavy atom. The molecule has 0 unspecified atom stereocenters. The molecule has 0 atom stereocenters. The van der Waals surface area contributed by atoms with Crippen molar-refractivity contribution in [3.05, 3.63) is 47.2 Å². The van der Waals surface area contributed by atoms with Crippen LogP contribution in [-0.2, 0) is 0 Å². The normalized spacial score (nSPS) is 11.3.